The molecule has 4 rings (SSSR count). The molecular formula is C18H13BrFNO2. The number of rotatable bonds is 1. The van der Waals surface area contributed by atoms with E-state index in [4.69, 9.17) is 0 Å². The molecule has 0 N–H and O–H groups in total. The number of carbonyl (C=O) groups is 2. The maximum absolute atomic E-state index is 13.6. The lowest BCUT2D eigenvalue weighted by Crippen LogP contribution is -2.38. The van der Waals surface area contributed by atoms with E-state index >= 15 is 0 Å². The van der Waals surface area contributed by atoms with Crippen LogP contribution in [0.2, 0.25) is 0 Å². The van der Waals surface area contributed by atoms with Crippen molar-refractivity contribution in [3.63, 3.8) is 0 Å². The zero-order valence-electron chi connectivity index (χ0n) is 12.2. The molecule has 2 atom stereocenters. The second-order valence-electron chi connectivity index (χ2n) is 6.05. The van der Waals surface area contributed by atoms with Gasteiger partial charge in [0.05, 0.1) is 16.1 Å². The molecule has 1 heterocycles. The Labute approximate surface area is 141 Å². The molecule has 1 saturated carbocycles. The van der Waals surface area contributed by atoms with Gasteiger partial charge >= 0.3 is 0 Å². The Balaban J connectivity index is 1.90. The van der Waals surface area contributed by atoms with Crippen LogP contribution in [-0.2, 0) is 9.59 Å². The summed E-state index contributed by atoms with van der Waals surface area (Å²) in [5.74, 6) is -1.12. The van der Waals surface area contributed by atoms with Crippen molar-refractivity contribution in [2.45, 2.75) is 25.2 Å². The maximum Gasteiger partial charge on any atom is 0.184 e. The second-order valence-corrected chi connectivity index (χ2v) is 6.90. The molecule has 1 aromatic carbocycles. The molecule has 0 aromatic heterocycles. The third-order valence-electron chi connectivity index (χ3n) is 4.71. The molecular weight excluding hydrogens is 361 g/mol. The lowest BCUT2D eigenvalue weighted by atomic mass is 9.69. The van der Waals surface area contributed by atoms with Crippen molar-refractivity contribution in [2.24, 2.45) is 10.9 Å². The Morgan fingerprint density at radius 2 is 1.96 bits per heavy atom. The smallest absolute Gasteiger partial charge is 0.184 e. The van der Waals surface area contributed by atoms with Gasteiger partial charge in [-0.05, 0) is 58.6 Å². The first-order valence-corrected chi connectivity index (χ1v) is 8.37. The Bertz CT molecular complexity index is 837. The van der Waals surface area contributed by atoms with Gasteiger partial charge in [-0.1, -0.05) is 6.07 Å². The summed E-state index contributed by atoms with van der Waals surface area (Å²) in [6.07, 6.45) is 5.29. The quantitative estimate of drug-likeness (QED) is 0.749. The number of fused-ring (bicyclic) bond motifs is 1. The van der Waals surface area contributed by atoms with Crippen molar-refractivity contribution in [3.8, 4) is 0 Å². The van der Waals surface area contributed by atoms with Crippen molar-refractivity contribution in [1.29, 1.82) is 0 Å². The lowest BCUT2D eigenvalue weighted by molar-refractivity contribution is -0.122. The van der Waals surface area contributed by atoms with E-state index in [0.717, 1.165) is 24.1 Å². The highest BCUT2D eigenvalue weighted by molar-refractivity contribution is 9.10. The minimum Gasteiger partial charge on any atom is -0.299 e. The first-order valence-electron chi connectivity index (χ1n) is 7.58. The topological polar surface area (TPSA) is 46.5 Å². The minimum absolute atomic E-state index is 0.105. The molecule has 0 saturated heterocycles. The second kappa shape index (κ2) is 5.34. The third kappa shape index (κ3) is 2.26. The first kappa shape index (κ1) is 14.7. The summed E-state index contributed by atoms with van der Waals surface area (Å²) < 4.78 is 13.9. The molecule has 2 aliphatic carbocycles. The molecule has 0 amide bonds. The van der Waals surface area contributed by atoms with Crippen LogP contribution in [0.25, 0.3) is 0 Å². The van der Waals surface area contributed by atoms with Crippen LogP contribution in [0, 0.1) is 11.7 Å². The number of allylic oxidation sites excluding steroid dienone is 3. The van der Waals surface area contributed by atoms with Crippen LogP contribution in [0.1, 0.15) is 30.7 Å². The number of hydrogen-bond acceptors (Lipinski definition) is 3. The monoisotopic (exact) mass is 373 g/mol. The van der Waals surface area contributed by atoms with Crippen LogP contribution < -0.4 is 0 Å². The summed E-state index contributed by atoms with van der Waals surface area (Å²) >= 11 is 3.20. The molecule has 3 aliphatic rings. The number of hydrogen-bond donors (Lipinski definition) is 0. The predicted octanol–water partition coefficient (Wildman–Crippen LogP) is 3.89. The average molecular weight is 374 g/mol. The summed E-state index contributed by atoms with van der Waals surface area (Å²) in [5, 5.41) is 0. The van der Waals surface area contributed by atoms with E-state index in [0.29, 0.717) is 22.2 Å². The molecule has 5 heteroatoms. The molecule has 2 unspecified atom stereocenters. The highest BCUT2D eigenvalue weighted by Gasteiger charge is 2.44. The number of Topliss-reactive ketones (excluding diaryl/α,β-unsaturated/α-hetero) is 1. The molecule has 3 nitrogen and oxygen atoms in total. The van der Waals surface area contributed by atoms with E-state index in [1.54, 1.807) is 18.2 Å². The van der Waals surface area contributed by atoms with E-state index in [1.165, 1.54) is 12.1 Å². The van der Waals surface area contributed by atoms with Crippen molar-refractivity contribution in [3.05, 3.63) is 57.5 Å². The Kier molecular flexibility index (Phi) is 3.41. The molecule has 0 spiro atoms. The number of nitrogens with zero attached hydrogens (tertiary/aromatic N) is 1. The van der Waals surface area contributed by atoms with E-state index in [1.807, 2.05) is 0 Å². The number of carbonyl (C=O) groups excluding carboxylic acids is 2. The van der Waals surface area contributed by atoms with Gasteiger partial charge in [-0.2, -0.15) is 0 Å². The maximum atomic E-state index is 13.6. The Morgan fingerprint density at radius 3 is 2.74 bits per heavy atom. The summed E-state index contributed by atoms with van der Waals surface area (Å²) in [6.45, 7) is 0. The summed E-state index contributed by atoms with van der Waals surface area (Å²) in [4.78, 5) is 29.4. The summed E-state index contributed by atoms with van der Waals surface area (Å²) in [7, 11) is 0. The Hall–Kier alpha value is -1.88. The van der Waals surface area contributed by atoms with Gasteiger partial charge < -0.3 is 0 Å². The van der Waals surface area contributed by atoms with E-state index < -0.39 is 5.92 Å². The van der Waals surface area contributed by atoms with E-state index in [-0.39, 0.29) is 23.3 Å². The average Bonchev–Trinajstić information content (AvgIpc) is 2.90. The van der Waals surface area contributed by atoms with Gasteiger partial charge in [0.15, 0.2) is 5.78 Å². The molecule has 23 heavy (non-hydrogen) atoms. The number of benzene rings is 1. The van der Waals surface area contributed by atoms with Crippen LogP contribution in [0.15, 0.2) is 51.1 Å². The molecule has 1 fully saturated rings. The molecule has 116 valence electrons. The van der Waals surface area contributed by atoms with Gasteiger partial charge in [0, 0.05) is 23.6 Å². The lowest BCUT2D eigenvalue weighted by Gasteiger charge is -2.34. The van der Waals surface area contributed by atoms with Crippen molar-refractivity contribution in [1.82, 2.24) is 0 Å². The van der Waals surface area contributed by atoms with Crippen LogP contribution >= 0.6 is 15.9 Å². The highest BCUT2D eigenvalue weighted by Crippen LogP contribution is 2.45. The standard InChI is InChI=1S/C18H13BrFNO2/c19-10-8-9(4-5-11(10)20)16-17-12(2-1-3-14(17)22)21-13-6-7-15(23)18(13)16/h4-8,16-17H,1-3H2. The summed E-state index contributed by atoms with van der Waals surface area (Å²) in [6, 6.07) is 4.69. The molecule has 1 aromatic rings. The summed E-state index contributed by atoms with van der Waals surface area (Å²) in [5.41, 5.74) is 2.84. The first-order chi connectivity index (χ1) is 11.1. The van der Waals surface area contributed by atoms with Crippen LogP contribution in [0.4, 0.5) is 4.39 Å². The van der Waals surface area contributed by atoms with Crippen LogP contribution in [0.3, 0.4) is 0 Å². The fourth-order valence-corrected chi connectivity index (χ4v) is 4.10. The Morgan fingerprint density at radius 1 is 1.13 bits per heavy atom. The fraction of sp³-hybridized carbons (Fsp3) is 0.278. The zero-order valence-corrected chi connectivity index (χ0v) is 13.8. The van der Waals surface area contributed by atoms with Gasteiger partial charge in [0.25, 0.3) is 0 Å². The largest absolute Gasteiger partial charge is 0.299 e. The van der Waals surface area contributed by atoms with Gasteiger partial charge in [-0.3, -0.25) is 14.6 Å². The molecule has 1 aliphatic heterocycles. The molecule has 0 radical (unpaired) electrons. The van der Waals surface area contributed by atoms with Crippen molar-refractivity contribution < 1.29 is 14.0 Å². The van der Waals surface area contributed by atoms with Crippen LogP contribution in [0.5, 0.6) is 0 Å². The minimum atomic E-state index is -0.399. The van der Waals surface area contributed by atoms with Gasteiger partial charge in [0.1, 0.15) is 11.6 Å². The van der Waals surface area contributed by atoms with Crippen LogP contribution in [-0.4, -0.2) is 17.3 Å². The molecule has 0 bridgehead atoms. The number of ketones is 2. The highest BCUT2D eigenvalue weighted by atomic mass is 79.9. The predicted molar refractivity (Wildman–Crippen MR) is 87.8 cm³/mol. The van der Waals surface area contributed by atoms with Gasteiger partial charge in [-0.25, -0.2) is 4.39 Å². The van der Waals surface area contributed by atoms with Gasteiger partial charge in [0.2, 0.25) is 0 Å². The van der Waals surface area contributed by atoms with E-state index in [9.17, 15) is 14.0 Å². The van der Waals surface area contributed by atoms with Gasteiger partial charge in [-0.15, -0.1) is 0 Å². The number of halogens is 2. The third-order valence-corrected chi connectivity index (χ3v) is 5.31. The van der Waals surface area contributed by atoms with Crippen molar-refractivity contribution >= 4 is 33.2 Å². The normalized spacial score (nSPS) is 26.3. The zero-order chi connectivity index (χ0) is 16.1. The fourth-order valence-electron chi connectivity index (χ4n) is 3.70. The SMILES string of the molecule is O=C1C=CC2=C1C(c1ccc(F)c(Br)c1)C1C(=O)CCCC1=N2. The van der Waals surface area contributed by atoms with E-state index in [2.05, 4.69) is 20.9 Å². The number of aliphatic imine (C=N–C) groups is 1. The van der Waals surface area contributed by atoms with Crippen molar-refractivity contribution in [2.75, 3.05) is 0 Å².